The van der Waals surface area contributed by atoms with Gasteiger partial charge in [0.15, 0.2) is 0 Å². The summed E-state index contributed by atoms with van der Waals surface area (Å²) < 4.78 is 1.05. The van der Waals surface area contributed by atoms with Crippen molar-refractivity contribution in [3.63, 3.8) is 0 Å². The Kier molecular flexibility index (Phi) is 7.91. The Morgan fingerprint density at radius 2 is 1.77 bits per heavy atom. The number of nitrogens with one attached hydrogen (secondary N) is 1. The Morgan fingerprint density at radius 3 is 2.50 bits per heavy atom. The zero-order valence-electron chi connectivity index (χ0n) is 12.1. The second kappa shape index (κ2) is 9.98. The Labute approximate surface area is 148 Å². The van der Waals surface area contributed by atoms with Gasteiger partial charge in [-0.3, -0.25) is 4.79 Å². The first-order valence-corrected chi connectivity index (χ1v) is 9.94. The van der Waals surface area contributed by atoms with Crippen LogP contribution in [0.15, 0.2) is 64.0 Å². The van der Waals surface area contributed by atoms with Gasteiger partial charge in [0.2, 0.25) is 5.91 Å². The summed E-state index contributed by atoms with van der Waals surface area (Å²) in [5.74, 6) is 2.48. The van der Waals surface area contributed by atoms with Gasteiger partial charge in [-0.05, 0) is 29.8 Å². The summed E-state index contributed by atoms with van der Waals surface area (Å²) in [6.45, 7) is 0.719. The van der Waals surface area contributed by atoms with E-state index in [1.165, 1.54) is 5.56 Å². The molecule has 0 saturated carbocycles. The SMILES string of the molecule is O=C(CSc1ccc(Br)cc1)NCCSCc1ccccc1. The number of carbonyl (C=O) groups excluding carboxylic acids is 1. The second-order valence-corrected chi connectivity index (χ2v) is 7.70. The number of benzene rings is 2. The minimum absolute atomic E-state index is 0.0910. The van der Waals surface area contributed by atoms with Gasteiger partial charge < -0.3 is 5.32 Å². The van der Waals surface area contributed by atoms with Gasteiger partial charge in [-0.15, -0.1) is 11.8 Å². The molecular formula is C17H18BrNOS2. The fraction of sp³-hybridized carbons (Fsp3) is 0.235. The van der Waals surface area contributed by atoms with E-state index in [4.69, 9.17) is 0 Å². The molecular weight excluding hydrogens is 378 g/mol. The van der Waals surface area contributed by atoms with Crippen LogP contribution in [0.5, 0.6) is 0 Å². The Hall–Kier alpha value is -0.910. The van der Waals surface area contributed by atoms with Crippen molar-refractivity contribution in [3.05, 3.63) is 64.6 Å². The molecule has 116 valence electrons. The number of amides is 1. The molecule has 0 saturated heterocycles. The van der Waals surface area contributed by atoms with Gasteiger partial charge in [0, 0.05) is 27.4 Å². The van der Waals surface area contributed by atoms with Crippen LogP contribution in [0.2, 0.25) is 0 Å². The standard InChI is InChI=1S/C17H18BrNOS2/c18-15-6-8-16(9-7-15)22-13-17(20)19-10-11-21-12-14-4-2-1-3-5-14/h1-9H,10-13H2,(H,19,20). The first-order chi connectivity index (χ1) is 10.7. The van der Waals surface area contributed by atoms with Crippen LogP contribution in [-0.4, -0.2) is 24.0 Å². The number of hydrogen-bond acceptors (Lipinski definition) is 3. The Bertz CT molecular complexity index is 575. The smallest absolute Gasteiger partial charge is 0.230 e. The van der Waals surface area contributed by atoms with Crippen LogP contribution >= 0.6 is 39.5 Å². The number of halogens is 1. The molecule has 0 aliphatic carbocycles. The molecule has 1 N–H and O–H groups in total. The summed E-state index contributed by atoms with van der Waals surface area (Å²) in [5.41, 5.74) is 1.32. The molecule has 0 aliphatic rings. The van der Waals surface area contributed by atoms with Crippen molar-refractivity contribution in [3.8, 4) is 0 Å². The number of carbonyl (C=O) groups is 1. The summed E-state index contributed by atoms with van der Waals surface area (Å²) in [6.07, 6.45) is 0. The lowest BCUT2D eigenvalue weighted by atomic mass is 10.2. The maximum atomic E-state index is 11.8. The van der Waals surface area contributed by atoms with Crippen LogP contribution in [-0.2, 0) is 10.5 Å². The molecule has 2 aromatic rings. The van der Waals surface area contributed by atoms with Crippen molar-refractivity contribution in [1.29, 1.82) is 0 Å². The normalized spacial score (nSPS) is 10.4. The van der Waals surface area contributed by atoms with Crippen LogP contribution in [0, 0.1) is 0 Å². The van der Waals surface area contributed by atoms with Gasteiger partial charge in [0.25, 0.3) is 0 Å². The summed E-state index contributed by atoms with van der Waals surface area (Å²) >= 11 is 6.80. The van der Waals surface area contributed by atoms with Gasteiger partial charge >= 0.3 is 0 Å². The minimum atomic E-state index is 0.0910. The topological polar surface area (TPSA) is 29.1 Å². The van der Waals surface area contributed by atoms with E-state index in [2.05, 4.69) is 45.5 Å². The predicted molar refractivity (Wildman–Crippen MR) is 100 cm³/mol. The van der Waals surface area contributed by atoms with Crippen molar-refractivity contribution < 1.29 is 4.79 Å². The quantitative estimate of drug-likeness (QED) is 0.523. The molecule has 2 nitrogen and oxygen atoms in total. The Morgan fingerprint density at radius 1 is 1.05 bits per heavy atom. The molecule has 0 bridgehead atoms. The molecule has 0 spiro atoms. The highest BCUT2D eigenvalue weighted by atomic mass is 79.9. The van der Waals surface area contributed by atoms with Crippen molar-refractivity contribution in [2.24, 2.45) is 0 Å². The fourth-order valence-corrected chi connectivity index (χ4v) is 3.57. The zero-order valence-corrected chi connectivity index (χ0v) is 15.3. The fourth-order valence-electron chi connectivity index (χ4n) is 1.76. The van der Waals surface area contributed by atoms with Crippen molar-refractivity contribution in [2.45, 2.75) is 10.6 Å². The Balaban J connectivity index is 1.55. The molecule has 0 aliphatic heterocycles. The third kappa shape index (κ3) is 6.90. The molecule has 0 atom stereocenters. The average Bonchev–Trinajstić information content (AvgIpc) is 2.55. The van der Waals surface area contributed by atoms with E-state index in [1.54, 1.807) is 11.8 Å². The largest absolute Gasteiger partial charge is 0.355 e. The van der Waals surface area contributed by atoms with E-state index >= 15 is 0 Å². The van der Waals surface area contributed by atoms with E-state index in [1.807, 2.05) is 42.1 Å². The van der Waals surface area contributed by atoms with Gasteiger partial charge in [-0.25, -0.2) is 0 Å². The van der Waals surface area contributed by atoms with E-state index in [-0.39, 0.29) is 5.91 Å². The van der Waals surface area contributed by atoms with Crippen molar-refractivity contribution >= 4 is 45.4 Å². The van der Waals surface area contributed by atoms with Crippen molar-refractivity contribution in [1.82, 2.24) is 5.32 Å². The van der Waals surface area contributed by atoms with Crippen LogP contribution in [0.4, 0.5) is 0 Å². The maximum absolute atomic E-state index is 11.8. The summed E-state index contributed by atoms with van der Waals surface area (Å²) in [5, 5.41) is 2.96. The molecule has 0 fully saturated rings. The maximum Gasteiger partial charge on any atom is 0.230 e. The molecule has 0 radical (unpaired) electrons. The zero-order chi connectivity index (χ0) is 15.6. The van der Waals surface area contributed by atoms with Crippen LogP contribution in [0.25, 0.3) is 0 Å². The molecule has 22 heavy (non-hydrogen) atoms. The number of thioether (sulfide) groups is 2. The van der Waals surface area contributed by atoms with Gasteiger partial charge in [0.1, 0.15) is 0 Å². The molecule has 0 heterocycles. The lowest BCUT2D eigenvalue weighted by molar-refractivity contribution is -0.118. The minimum Gasteiger partial charge on any atom is -0.355 e. The first kappa shape index (κ1) is 17.4. The van der Waals surface area contributed by atoms with Crippen LogP contribution in [0.1, 0.15) is 5.56 Å². The van der Waals surface area contributed by atoms with Gasteiger partial charge in [-0.2, -0.15) is 11.8 Å². The highest BCUT2D eigenvalue weighted by Crippen LogP contribution is 2.20. The molecule has 1 amide bonds. The molecule has 0 unspecified atom stereocenters. The number of rotatable bonds is 8. The second-order valence-electron chi connectivity index (χ2n) is 4.63. The molecule has 5 heteroatoms. The third-order valence-corrected chi connectivity index (χ3v) is 5.43. The van der Waals surface area contributed by atoms with E-state index in [9.17, 15) is 4.79 Å². The predicted octanol–water partition coefficient (Wildman–Crippen LogP) is 4.59. The van der Waals surface area contributed by atoms with E-state index in [0.29, 0.717) is 5.75 Å². The molecule has 0 aromatic heterocycles. The van der Waals surface area contributed by atoms with Crippen LogP contribution < -0.4 is 5.32 Å². The first-order valence-electron chi connectivity index (χ1n) is 7.01. The monoisotopic (exact) mass is 395 g/mol. The third-order valence-electron chi connectivity index (χ3n) is 2.86. The lowest BCUT2D eigenvalue weighted by Gasteiger charge is -2.05. The molecule has 2 aromatic carbocycles. The number of hydrogen-bond donors (Lipinski definition) is 1. The van der Waals surface area contributed by atoms with Gasteiger partial charge in [-0.1, -0.05) is 46.3 Å². The lowest BCUT2D eigenvalue weighted by Crippen LogP contribution is -2.27. The van der Waals surface area contributed by atoms with Crippen LogP contribution in [0.3, 0.4) is 0 Å². The molecule has 2 rings (SSSR count). The highest BCUT2D eigenvalue weighted by Gasteiger charge is 2.02. The van der Waals surface area contributed by atoms with Gasteiger partial charge in [0.05, 0.1) is 5.75 Å². The van der Waals surface area contributed by atoms with E-state index in [0.717, 1.165) is 27.4 Å². The highest BCUT2D eigenvalue weighted by molar-refractivity contribution is 9.10. The average molecular weight is 396 g/mol. The summed E-state index contributed by atoms with van der Waals surface area (Å²) in [6, 6.07) is 18.4. The summed E-state index contributed by atoms with van der Waals surface area (Å²) in [4.78, 5) is 12.9. The summed E-state index contributed by atoms with van der Waals surface area (Å²) in [7, 11) is 0. The van der Waals surface area contributed by atoms with E-state index < -0.39 is 0 Å². The van der Waals surface area contributed by atoms with Crippen molar-refractivity contribution in [2.75, 3.05) is 18.1 Å².